The Kier molecular flexibility index (Phi) is 1.06. The molecule has 0 aromatic carbocycles. The third-order valence-corrected chi connectivity index (χ3v) is 0.826. The van der Waals surface area contributed by atoms with Crippen molar-refractivity contribution in [3.63, 3.8) is 0 Å². The number of thiol groups is 1. The standard InChI is InChI=1S/C4H5NOS/c1-3-2-4(7)6-5-3/h2,7H,1H3. The highest BCUT2D eigenvalue weighted by atomic mass is 32.1. The molecule has 38 valence electrons. The minimum atomic E-state index is 0.567. The Balaban J connectivity index is 3.04. The summed E-state index contributed by atoms with van der Waals surface area (Å²) in [5.41, 5.74) is 0.866. The number of aromatic nitrogens is 1. The maximum absolute atomic E-state index is 4.58. The molecule has 0 radical (unpaired) electrons. The Morgan fingerprint density at radius 2 is 2.57 bits per heavy atom. The van der Waals surface area contributed by atoms with Crippen molar-refractivity contribution in [2.45, 2.75) is 12.0 Å². The number of hydrogen-bond donors (Lipinski definition) is 1. The first-order valence-corrected chi connectivity index (χ1v) is 2.36. The lowest BCUT2D eigenvalue weighted by Gasteiger charge is -1.64. The zero-order valence-corrected chi connectivity index (χ0v) is 4.77. The SMILES string of the molecule is Cc1cc(S)on1. The van der Waals surface area contributed by atoms with E-state index in [1.54, 1.807) is 6.07 Å². The van der Waals surface area contributed by atoms with E-state index in [1.807, 2.05) is 6.92 Å². The van der Waals surface area contributed by atoms with Crippen molar-refractivity contribution in [3.8, 4) is 0 Å². The van der Waals surface area contributed by atoms with Crippen LogP contribution >= 0.6 is 12.6 Å². The molecule has 1 aromatic rings. The van der Waals surface area contributed by atoms with Gasteiger partial charge in [-0.3, -0.25) is 0 Å². The van der Waals surface area contributed by atoms with E-state index in [0.717, 1.165) is 5.69 Å². The molecule has 0 amide bonds. The molecule has 0 aliphatic carbocycles. The lowest BCUT2D eigenvalue weighted by Crippen LogP contribution is -1.59. The van der Waals surface area contributed by atoms with Crippen LogP contribution in [0.25, 0.3) is 0 Å². The van der Waals surface area contributed by atoms with Crippen LogP contribution in [0, 0.1) is 6.92 Å². The van der Waals surface area contributed by atoms with Crippen LogP contribution in [-0.4, -0.2) is 5.16 Å². The monoisotopic (exact) mass is 115 g/mol. The van der Waals surface area contributed by atoms with Gasteiger partial charge in [0.15, 0.2) is 5.09 Å². The zero-order valence-electron chi connectivity index (χ0n) is 3.88. The molecule has 2 nitrogen and oxygen atoms in total. The summed E-state index contributed by atoms with van der Waals surface area (Å²) < 4.78 is 4.58. The Morgan fingerprint density at radius 3 is 2.71 bits per heavy atom. The Hall–Kier alpha value is -0.440. The fourth-order valence-corrected chi connectivity index (χ4v) is 0.578. The van der Waals surface area contributed by atoms with Gasteiger partial charge in [0.05, 0.1) is 5.69 Å². The van der Waals surface area contributed by atoms with Crippen LogP contribution in [-0.2, 0) is 0 Å². The summed E-state index contributed by atoms with van der Waals surface area (Å²) in [7, 11) is 0. The fraction of sp³-hybridized carbons (Fsp3) is 0.250. The second kappa shape index (κ2) is 1.58. The topological polar surface area (TPSA) is 26.0 Å². The number of hydrogen-bond acceptors (Lipinski definition) is 3. The van der Waals surface area contributed by atoms with Crippen LogP contribution < -0.4 is 0 Å². The summed E-state index contributed by atoms with van der Waals surface area (Å²) in [5.74, 6) is 0. The van der Waals surface area contributed by atoms with E-state index >= 15 is 0 Å². The molecule has 0 N–H and O–H groups in total. The smallest absolute Gasteiger partial charge is 0.190 e. The molecule has 7 heavy (non-hydrogen) atoms. The van der Waals surface area contributed by atoms with E-state index in [0.29, 0.717) is 5.09 Å². The quantitative estimate of drug-likeness (QED) is 0.515. The minimum absolute atomic E-state index is 0.567. The predicted octanol–water partition coefficient (Wildman–Crippen LogP) is 1.27. The molecule has 0 bridgehead atoms. The number of nitrogens with zero attached hydrogens (tertiary/aromatic N) is 1. The van der Waals surface area contributed by atoms with E-state index in [1.165, 1.54) is 0 Å². The Morgan fingerprint density at radius 1 is 1.86 bits per heavy atom. The van der Waals surface area contributed by atoms with E-state index in [-0.39, 0.29) is 0 Å². The summed E-state index contributed by atoms with van der Waals surface area (Å²) in [4.78, 5) is 0. The molecule has 1 aromatic heterocycles. The number of aryl methyl sites for hydroxylation is 1. The van der Waals surface area contributed by atoms with Crippen molar-refractivity contribution in [1.82, 2.24) is 5.16 Å². The minimum Gasteiger partial charge on any atom is -0.350 e. The van der Waals surface area contributed by atoms with Crippen molar-refractivity contribution >= 4 is 12.6 Å². The maximum Gasteiger partial charge on any atom is 0.190 e. The van der Waals surface area contributed by atoms with E-state index in [9.17, 15) is 0 Å². The van der Waals surface area contributed by atoms with Crippen LogP contribution in [0.3, 0.4) is 0 Å². The van der Waals surface area contributed by atoms with Crippen molar-refractivity contribution in [3.05, 3.63) is 11.8 Å². The van der Waals surface area contributed by atoms with Gasteiger partial charge in [-0.05, 0) is 6.92 Å². The lowest BCUT2D eigenvalue weighted by atomic mass is 10.5. The summed E-state index contributed by atoms with van der Waals surface area (Å²) in [5, 5.41) is 4.13. The first-order valence-electron chi connectivity index (χ1n) is 1.91. The summed E-state index contributed by atoms with van der Waals surface area (Å²) >= 11 is 3.88. The second-order valence-electron chi connectivity index (χ2n) is 1.31. The third kappa shape index (κ3) is 0.962. The van der Waals surface area contributed by atoms with Crippen molar-refractivity contribution in [1.29, 1.82) is 0 Å². The summed E-state index contributed by atoms with van der Waals surface area (Å²) in [6.45, 7) is 1.85. The molecule has 0 unspecified atom stereocenters. The van der Waals surface area contributed by atoms with E-state index < -0.39 is 0 Å². The fourth-order valence-electron chi connectivity index (χ4n) is 0.350. The summed E-state index contributed by atoms with van der Waals surface area (Å²) in [6.07, 6.45) is 0. The van der Waals surface area contributed by atoms with Gasteiger partial charge in [0.2, 0.25) is 0 Å². The van der Waals surface area contributed by atoms with Crippen LogP contribution in [0.1, 0.15) is 5.69 Å². The van der Waals surface area contributed by atoms with Crippen LogP contribution in [0.2, 0.25) is 0 Å². The highest BCUT2D eigenvalue weighted by Gasteiger charge is 1.89. The van der Waals surface area contributed by atoms with Gasteiger partial charge in [-0.15, -0.1) is 12.6 Å². The van der Waals surface area contributed by atoms with Crippen LogP contribution in [0.15, 0.2) is 15.7 Å². The van der Waals surface area contributed by atoms with Gasteiger partial charge in [-0.25, -0.2) is 0 Å². The summed E-state index contributed by atoms with van der Waals surface area (Å²) in [6, 6.07) is 1.75. The average Bonchev–Trinajstić information content (AvgIpc) is 1.87. The molecular formula is C4H5NOS. The third-order valence-electron chi connectivity index (χ3n) is 0.616. The highest BCUT2D eigenvalue weighted by Crippen LogP contribution is 2.04. The van der Waals surface area contributed by atoms with Gasteiger partial charge >= 0.3 is 0 Å². The molecule has 3 heteroatoms. The van der Waals surface area contributed by atoms with E-state index in [4.69, 9.17) is 0 Å². The van der Waals surface area contributed by atoms with Crippen LogP contribution in [0.4, 0.5) is 0 Å². The van der Waals surface area contributed by atoms with Gasteiger partial charge in [0.25, 0.3) is 0 Å². The molecule has 0 saturated heterocycles. The van der Waals surface area contributed by atoms with Crippen molar-refractivity contribution in [2.24, 2.45) is 0 Å². The van der Waals surface area contributed by atoms with Crippen LogP contribution in [0.5, 0.6) is 0 Å². The molecule has 0 aliphatic rings. The maximum atomic E-state index is 4.58. The van der Waals surface area contributed by atoms with Gasteiger partial charge in [0, 0.05) is 6.07 Å². The normalized spacial score (nSPS) is 9.43. The molecule has 0 saturated carbocycles. The molecular weight excluding hydrogens is 110 g/mol. The van der Waals surface area contributed by atoms with Gasteiger partial charge in [-0.2, -0.15) is 0 Å². The zero-order chi connectivity index (χ0) is 5.28. The first kappa shape index (κ1) is 4.71. The Bertz CT molecular complexity index is 144. The number of rotatable bonds is 0. The molecule has 0 spiro atoms. The largest absolute Gasteiger partial charge is 0.350 e. The molecule has 0 atom stereocenters. The van der Waals surface area contributed by atoms with E-state index in [2.05, 4.69) is 22.3 Å². The predicted molar refractivity (Wildman–Crippen MR) is 28.5 cm³/mol. The molecule has 0 fully saturated rings. The van der Waals surface area contributed by atoms with Crippen molar-refractivity contribution in [2.75, 3.05) is 0 Å². The van der Waals surface area contributed by atoms with Gasteiger partial charge in [0.1, 0.15) is 0 Å². The average molecular weight is 115 g/mol. The van der Waals surface area contributed by atoms with Crippen molar-refractivity contribution < 1.29 is 4.52 Å². The first-order chi connectivity index (χ1) is 3.29. The Labute approximate surface area is 46.9 Å². The lowest BCUT2D eigenvalue weighted by molar-refractivity contribution is 0.348. The van der Waals surface area contributed by atoms with Gasteiger partial charge < -0.3 is 4.52 Å². The molecule has 1 heterocycles. The highest BCUT2D eigenvalue weighted by molar-refractivity contribution is 7.80. The molecule has 0 aliphatic heterocycles. The van der Waals surface area contributed by atoms with Gasteiger partial charge in [-0.1, -0.05) is 5.16 Å². The molecule has 1 rings (SSSR count). The second-order valence-corrected chi connectivity index (χ2v) is 1.75.